The molecule has 1 aromatic heterocycles. The van der Waals surface area contributed by atoms with Crippen LogP contribution >= 0.6 is 0 Å². The molecule has 2 heterocycles. The molecular weight excluding hydrogens is 357 g/mol. The molecule has 0 spiro atoms. The second kappa shape index (κ2) is 8.37. The molecule has 154 valence electrons. The van der Waals surface area contributed by atoms with Gasteiger partial charge in [-0.2, -0.15) is 0 Å². The third-order valence-corrected chi connectivity index (χ3v) is 6.53. The van der Waals surface area contributed by atoms with E-state index in [2.05, 4.69) is 16.8 Å². The van der Waals surface area contributed by atoms with Crippen LogP contribution in [0.4, 0.5) is 4.39 Å². The summed E-state index contributed by atoms with van der Waals surface area (Å²) in [6.07, 6.45) is 8.22. The van der Waals surface area contributed by atoms with Gasteiger partial charge < -0.3 is 14.6 Å². The van der Waals surface area contributed by atoms with E-state index in [1.54, 1.807) is 13.0 Å². The van der Waals surface area contributed by atoms with Crippen molar-refractivity contribution >= 4 is 11.0 Å². The smallest absolute Gasteiger partial charge is 0.326 e. The number of aromatic amines is 1. The summed E-state index contributed by atoms with van der Waals surface area (Å²) in [5.74, 6) is -0.270. The summed E-state index contributed by atoms with van der Waals surface area (Å²) < 4.78 is 21.7. The minimum atomic E-state index is -0.270. The number of benzene rings is 1. The van der Waals surface area contributed by atoms with Gasteiger partial charge in [-0.05, 0) is 69.6 Å². The first-order chi connectivity index (χ1) is 13.6. The molecule has 2 unspecified atom stereocenters. The highest BCUT2D eigenvalue weighted by Crippen LogP contribution is 2.31. The summed E-state index contributed by atoms with van der Waals surface area (Å²) in [5.41, 5.74) is 1.88. The van der Waals surface area contributed by atoms with E-state index in [0.29, 0.717) is 23.2 Å². The average Bonchev–Trinajstić information content (AvgIpc) is 3.01. The number of halogens is 1. The maximum Gasteiger partial charge on any atom is 0.326 e. The maximum atomic E-state index is 13.8. The summed E-state index contributed by atoms with van der Waals surface area (Å²) in [5, 5.41) is 0. The van der Waals surface area contributed by atoms with E-state index >= 15 is 0 Å². The Labute approximate surface area is 165 Å². The van der Waals surface area contributed by atoms with Gasteiger partial charge >= 0.3 is 5.69 Å². The minimum absolute atomic E-state index is 0.121. The molecule has 6 heteroatoms. The molecule has 0 bridgehead atoms. The first kappa shape index (κ1) is 19.6. The first-order valence-electron chi connectivity index (χ1n) is 10.8. The summed E-state index contributed by atoms with van der Waals surface area (Å²) in [7, 11) is 0. The lowest BCUT2D eigenvalue weighted by Crippen LogP contribution is -2.46. The van der Waals surface area contributed by atoms with Gasteiger partial charge in [0.1, 0.15) is 5.82 Å². The Hall–Kier alpha value is -1.66. The van der Waals surface area contributed by atoms with E-state index in [1.165, 1.54) is 25.3 Å². The van der Waals surface area contributed by atoms with Gasteiger partial charge in [0, 0.05) is 31.8 Å². The van der Waals surface area contributed by atoms with E-state index in [1.807, 2.05) is 4.57 Å². The summed E-state index contributed by atoms with van der Waals surface area (Å²) in [6.45, 7) is 6.79. The number of nitrogens with zero attached hydrogens (tertiary/aromatic N) is 2. The molecule has 1 saturated heterocycles. The number of imidazole rings is 1. The van der Waals surface area contributed by atoms with Crippen LogP contribution in [0.3, 0.4) is 0 Å². The lowest BCUT2D eigenvalue weighted by Gasteiger charge is -2.41. The van der Waals surface area contributed by atoms with Crippen molar-refractivity contribution in [2.75, 3.05) is 19.7 Å². The lowest BCUT2D eigenvalue weighted by atomic mass is 9.90. The van der Waals surface area contributed by atoms with Crippen LogP contribution in [0.2, 0.25) is 0 Å². The fourth-order valence-electron chi connectivity index (χ4n) is 5.01. The summed E-state index contributed by atoms with van der Waals surface area (Å²) in [6, 6.07) is 4.02. The van der Waals surface area contributed by atoms with Gasteiger partial charge in [0.25, 0.3) is 0 Å². The van der Waals surface area contributed by atoms with Crippen molar-refractivity contribution in [3.05, 3.63) is 34.0 Å². The molecule has 2 aliphatic rings. The molecule has 1 aromatic carbocycles. The van der Waals surface area contributed by atoms with Gasteiger partial charge in [-0.1, -0.05) is 6.92 Å². The molecule has 5 nitrogen and oxygen atoms in total. The highest BCUT2D eigenvalue weighted by Gasteiger charge is 2.31. The van der Waals surface area contributed by atoms with E-state index < -0.39 is 0 Å². The molecule has 2 fully saturated rings. The van der Waals surface area contributed by atoms with Crippen molar-refractivity contribution in [3.63, 3.8) is 0 Å². The molecular formula is C22H32FN3O2. The average molecular weight is 390 g/mol. The number of rotatable bonds is 5. The second-order valence-corrected chi connectivity index (χ2v) is 8.50. The first-order valence-corrected chi connectivity index (χ1v) is 10.8. The van der Waals surface area contributed by atoms with Crippen LogP contribution in [0.15, 0.2) is 16.9 Å². The van der Waals surface area contributed by atoms with Gasteiger partial charge in [0.2, 0.25) is 0 Å². The van der Waals surface area contributed by atoms with Gasteiger partial charge in [0.05, 0.1) is 17.1 Å². The van der Waals surface area contributed by atoms with Crippen molar-refractivity contribution in [1.29, 1.82) is 0 Å². The Morgan fingerprint density at radius 2 is 1.96 bits per heavy atom. The molecule has 2 atom stereocenters. The lowest BCUT2D eigenvalue weighted by molar-refractivity contribution is -0.00714. The predicted octanol–water partition coefficient (Wildman–Crippen LogP) is 4.15. The number of H-pyrrole nitrogens is 1. The Morgan fingerprint density at radius 3 is 2.71 bits per heavy atom. The number of hydrogen-bond donors (Lipinski definition) is 1. The van der Waals surface area contributed by atoms with Gasteiger partial charge in [-0.25, -0.2) is 9.18 Å². The number of hydrogen-bond acceptors (Lipinski definition) is 3. The molecule has 1 N–H and O–H groups in total. The highest BCUT2D eigenvalue weighted by molar-refractivity contribution is 5.76. The number of fused-ring (bicyclic) bond motifs is 1. The molecule has 0 radical (unpaired) electrons. The number of nitrogens with one attached hydrogen (secondary N) is 1. The Balaban J connectivity index is 1.43. The van der Waals surface area contributed by atoms with Crippen molar-refractivity contribution in [2.24, 2.45) is 0 Å². The van der Waals surface area contributed by atoms with Gasteiger partial charge in [-0.3, -0.25) is 4.57 Å². The fraction of sp³-hybridized carbons (Fsp3) is 0.682. The van der Waals surface area contributed by atoms with Crippen LogP contribution in [-0.2, 0) is 4.74 Å². The number of likely N-dealkylation sites (tertiary alicyclic amines) is 1. The Kier molecular flexibility index (Phi) is 5.88. The van der Waals surface area contributed by atoms with Crippen LogP contribution in [0.1, 0.15) is 63.5 Å². The number of piperidine rings is 1. The van der Waals surface area contributed by atoms with Crippen molar-refractivity contribution in [3.8, 4) is 0 Å². The topological polar surface area (TPSA) is 50.3 Å². The van der Waals surface area contributed by atoms with E-state index in [0.717, 1.165) is 50.9 Å². The third kappa shape index (κ3) is 3.90. The minimum Gasteiger partial charge on any atom is -0.378 e. The molecule has 0 amide bonds. The van der Waals surface area contributed by atoms with Crippen LogP contribution < -0.4 is 5.69 Å². The molecule has 1 saturated carbocycles. The van der Waals surface area contributed by atoms with E-state index in [-0.39, 0.29) is 17.5 Å². The normalized spacial score (nSPS) is 24.8. The number of aromatic nitrogens is 2. The molecule has 2 aromatic rings. The van der Waals surface area contributed by atoms with Crippen LogP contribution in [0, 0.1) is 12.7 Å². The Bertz CT molecular complexity index is 867. The zero-order valence-electron chi connectivity index (χ0n) is 17.0. The highest BCUT2D eigenvalue weighted by atomic mass is 19.1. The van der Waals surface area contributed by atoms with Crippen LogP contribution in [0.25, 0.3) is 11.0 Å². The molecule has 1 aliphatic carbocycles. The Morgan fingerprint density at radius 1 is 1.18 bits per heavy atom. The second-order valence-electron chi connectivity index (χ2n) is 8.50. The van der Waals surface area contributed by atoms with Crippen molar-refractivity contribution in [1.82, 2.24) is 14.5 Å². The summed E-state index contributed by atoms with van der Waals surface area (Å²) in [4.78, 5) is 18.0. The van der Waals surface area contributed by atoms with Gasteiger partial charge in [0.15, 0.2) is 0 Å². The quantitative estimate of drug-likeness (QED) is 0.836. The zero-order chi connectivity index (χ0) is 19.7. The largest absolute Gasteiger partial charge is 0.378 e. The van der Waals surface area contributed by atoms with E-state index in [9.17, 15) is 9.18 Å². The molecule has 28 heavy (non-hydrogen) atoms. The fourth-order valence-corrected chi connectivity index (χ4v) is 5.01. The SMILES string of the molecule is CCCOC1CCCC(N2CCC(n3c(=O)[nH]c4cc(F)c(C)cc43)CC2)C1. The van der Waals surface area contributed by atoms with Crippen molar-refractivity contribution < 1.29 is 9.13 Å². The zero-order valence-corrected chi connectivity index (χ0v) is 17.0. The van der Waals surface area contributed by atoms with Crippen LogP contribution in [0.5, 0.6) is 0 Å². The molecule has 1 aliphatic heterocycles. The predicted molar refractivity (Wildman–Crippen MR) is 109 cm³/mol. The maximum absolute atomic E-state index is 13.8. The number of ether oxygens (including phenoxy) is 1. The summed E-state index contributed by atoms with van der Waals surface area (Å²) >= 11 is 0. The van der Waals surface area contributed by atoms with Crippen LogP contribution in [-0.4, -0.2) is 46.3 Å². The third-order valence-electron chi connectivity index (χ3n) is 6.53. The monoisotopic (exact) mass is 389 g/mol. The van der Waals surface area contributed by atoms with Crippen molar-refractivity contribution in [2.45, 2.75) is 77.0 Å². The number of aryl methyl sites for hydroxylation is 1. The van der Waals surface area contributed by atoms with Gasteiger partial charge in [-0.15, -0.1) is 0 Å². The standard InChI is InChI=1S/C22H32FN3O2/c1-3-11-28-18-6-4-5-17(13-18)25-9-7-16(8-10-25)26-21-12-15(2)19(23)14-20(21)24-22(26)27/h12,14,16-18H,3-11,13H2,1-2H3,(H,24,27). The molecule has 4 rings (SSSR count). The van der Waals surface area contributed by atoms with E-state index in [4.69, 9.17) is 4.74 Å².